The van der Waals surface area contributed by atoms with Crippen molar-refractivity contribution in [2.24, 2.45) is 11.7 Å². The summed E-state index contributed by atoms with van der Waals surface area (Å²) in [4.78, 5) is 23.7. The zero-order chi connectivity index (χ0) is 17.9. The van der Waals surface area contributed by atoms with Crippen LogP contribution in [0.25, 0.3) is 0 Å². The Balaban J connectivity index is 0.000000471. The van der Waals surface area contributed by atoms with Crippen LogP contribution in [0.4, 0.5) is 0 Å². The minimum atomic E-state index is -1.14. The van der Waals surface area contributed by atoms with Crippen molar-refractivity contribution in [2.45, 2.75) is 25.8 Å². The van der Waals surface area contributed by atoms with Gasteiger partial charge in [-0.3, -0.25) is 9.59 Å². The quantitative estimate of drug-likeness (QED) is 0.736. The first-order chi connectivity index (χ1) is 11.3. The smallest absolute Gasteiger partial charge is 0.315 e. The molecule has 1 aliphatic rings. The minimum Gasteiger partial charge on any atom is -0.508 e. The van der Waals surface area contributed by atoms with E-state index in [1.54, 1.807) is 6.07 Å². The molecule has 0 bridgehead atoms. The van der Waals surface area contributed by atoms with Gasteiger partial charge in [-0.25, -0.2) is 0 Å². The maximum absolute atomic E-state index is 12.3. The highest BCUT2D eigenvalue weighted by Gasteiger charge is 2.45. The fraction of sp³-hybridized carbons (Fsp3) is 0.263. The Labute approximate surface area is 140 Å². The number of fused-ring (bicyclic) bond motifs is 1. The van der Waals surface area contributed by atoms with Crippen molar-refractivity contribution < 1.29 is 19.8 Å². The average molecular weight is 327 g/mol. The van der Waals surface area contributed by atoms with E-state index < -0.39 is 23.6 Å². The molecule has 5 heteroatoms. The molecule has 2 aromatic carbocycles. The van der Waals surface area contributed by atoms with E-state index >= 15 is 0 Å². The van der Waals surface area contributed by atoms with Gasteiger partial charge in [0, 0.05) is 11.5 Å². The fourth-order valence-corrected chi connectivity index (χ4v) is 2.81. The molecule has 0 saturated heterocycles. The summed E-state index contributed by atoms with van der Waals surface area (Å²) >= 11 is 0. The number of benzene rings is 2. The Kier molecular flexibility index (Phi) is 5.36. The molecule has 24 heavy (non-hydrogen) atoms. The molecule has 2 unspecified atom stereocenters. The van der Waals surface area contributed by atoms with Gasteiger partial charge in [0.2, 0.25) is 0 Å². The van der Waals surface area contributed by atoms with Crippen molar-refractivity contribution in [3.05, 3.63) is 65.2 Å². The third-order valence-corrected chi connectivity index (χ3v) is 3.68. The number of aliphatic carboxylic acids is 1. The van der Waals surface area contributed by atoms with Crippen molar-refractivity contribution >= 4 is 11.8 Å². The Morgan fingerprint density at radius 2 is 1.71 bits per heavy atom. The van der Waals surface area contributed by atoms with E-state index in [1.807, 2.05) is 44.2 Å². The summed E-state index contributed by atoms with van der Waals surface area (Å²) < 4.78 is 0. The molecule has 0 aromatic heterocycles. The second-order valence-electron chi connectivity index (χ2n) is 6.08. The molecule has 0 heterocycles. The van der Waals surface area contributed by atoms with E-state index in [4.69, 9.17) is 5.73 Å². The van der Waals surface area contributed by atoms with E-state index in [9.17, 15) is 19.8 Å². The van der Waals surface area contributed by atoms with Crippen molar-refractivity contribution in [3.63, 3.8) is 0 Å². The largest absolute Gasteiger partial charge is 0.508 e. The van der Waals surface area contributed by atoms with Gasteiger partial charge in [0.15, 0.2) is 5.78 Å². The summed E-state index contributed by atoms with van der Waals surface area (Å²) in [5, 5.41) is 18.9. The summed E-state index contributed by atoms with van der Waals surface area (Å²) in [6.45, 7) is 3.89. The number of phenolic OH excluding ortho intramolecular Hbond substituents is 1. The van der Waals surface area contributed by atoms with Crippen molar-refractivity contribution in [1.29, 1.82) is 0 Å². The van der Waals surface area contributed by atoms with Crippen LogP contribution in [0.2, 0.25) is 0 Å². The molecule has 2 aromatic rings. The van der Waals surface area contributed by atoms with Gasteiger partial charge in [-0.15, -0.1) is 0 Å². The van der Waals surface area contributed by atoms with Crippen LogP contribution in [0.3, 0.4) is 0 Å². The Morgan fingerprint density at radius 3 is 2.25 bits per heavy atom. The van der Waals surface area contributed by atoms with Gasteiger partial charge in [0.25, 0.3) is 0 Å². The summed E-state index contributed by atoms with van der Waals surface area (Å²) in [6, 6.07) is 13.9. The highest BCUT2D eigenvalue weighted by Crippen LogP contribution is 2.43. The third-order valence-electron chi connectivity index (χ3n) is 3.68. The van der Waals surface area contributed by atoms with Crippen LogP contribution in [0.15, 0.2) is 48.5 Å². The summed E-state index contributed by atoms with van der Waals surface area (Å²) in [5.74, 6) is -3.25. The van der Waals surface area contributed by atoms with Crippen molar-refractivity contribution in [2.75, 3.05) is 0 Å². The van der Waals surface area contributed by atoms with Crippen LogP contribution in [-0.4, -0.2) is 28.0 Å². The molecule has 1 aliphatic carbocycles. The molecule has 0 aliphatic heterocycles. The zero-order valence-corrected chi connectivity index (χ0v) is 13.6. The molecular weight excluding hydrogens is 306 g/mol. The van der Waals surface area contributed by atoms with E-state index in [0.717, 1.165) is 5.56 Å². The van der Waals surface area contributed by atoms with Crippen LogP contribution in [0, 0.1) is 5.92 Å². The van der Waals surface area contributed by atoms with Gasteiger partial charge >= 0.3 is 5.97 Å². The highest BCUT2D eigenvalue weighted by molar-refractivity contribution is 6.13. The second kappa shape index (κ2) is 7.27. The molecule has 3 rings (SSSR count). The van der Waals surface area contributed by atoms with Gasteiger partial charge in [-0.1, -0.05) is 50.2 Å². The van der Waals surface area contributed by atoms with E-state index in [-0.39, 0.29) is 5.75 Å². The van der Waals surface area contributed by atoms with Gasteiger partial charge in [0.05, 0.1) is 0 Å². The van der Waals surface area contributed by atoms with Gasteiger partial charge in [-0.05, 0) is 29.3 Å². The van der Waals surface area contributed by atoms with Gasteiger partial charge in [0.1, 0.15) is 11.7 Å². The number of carbonyl (C=O) groups is 2. The average Bonchev–Trinajstić information content (AvgIpc) is 2.80. The maximum atomic E-state index is 12.3. The number of carboxylic acid groups (broad SMARTS) is 1. The summed E-state index contributed by atoms with van der Waals surface area (Å²) in [5.41, 5.74) is 6.86. The molecule has 126 valence electrons. The topological polar surface area (TPSA) is 101 Å². The molecule has 5 nitrogen and oxygen atoms in total. The van der Waals surface area contributed by atoms with E-state index in [1.165, 1.54) is 12.1 Å². The number of carbonyl (C=O) groups excluding carboxylic acids is 1. The number of rotatable bonds is 2. The molecular formula is C19H21NO4. The lowest BCUT2D eigenvalue weighted by molar-refractivity contribution is -0.140. The number of aromatic hydroxyl groups is 1. The number of Topliss-reactive ketones (excluding diaryl/α,β-unsaturated/α-hetero) is 1. The summed E-state index contributed by atoms with van der Waals surface area (Å²) in [6.07, 6.45) is 0. The van der Waals surface area contributed by atoms with Crippen molar-refractivity contribution in [1.82, 2.24) is 0 Å². The predicted octanol–water partition coefficient (Wildman–Crippen LogP) is 2.77. The van der Waals surface area contributed by atoms with Crippen LogP contribution < -0.4 is 5.73 Å². The van der Waals surface area contributed by atoms with Crippen LogP contribution in [0.1, 0.15) is 41.3 Å². The van der Waals surface area contributed by atoms with E-state index in [2.05, 4.69) is 0 Å². The van der Waals surface area contributed by atoms with Gasteiger partial charge in [-0.2, -0.15) is 0 Å². The highest BCUT2D eigenvalue weighted by atomic mass is 16.4. The normalized spacial score (nSPS) is 18.8. The molecule has 4 N–H and O–H groups in total. The molecule has 0 spiro atoms. The number of carboxylic acids is 1. The number of ketones is 1. The number of hydrogen-bond acceptors (Lipinski definition) is 4. The number of hydrogen-bond donors (Lipinski definition) is 3. The number of phenols is 1. The zero-order valence-electron chi connectivity index (χ0n) is 13.6. The predicted molar refractivity (Wildman–Crippen MR) is 91.2 cm³/mol. The monoisotopic (exact) mass is 327 g/mol. The maximum Gasteiger partial charge on any atom is 0.315 e. The van der Waals surface area contributed by atoms with Gasteiger partial charge < -0.3 is 15.9 Å². The fourth-order valence-electron chi connectivity index (χ4n) is 2.81. The molecule has 0 fully saturated rings. The molecule has 2 atom stereocenters. The van der Waals surface area contributed by atoms with Crippen LogP contribution in [0.5, 0.6) is 5.75 Å². The van der Waals surface area contributed by atoms with E-state index in [0.29, 0.717) is 17.2 Å². The lowest BCUT2D eigenvalue weighted by Gasteiger charge is -2.16. The molecule has 0 saturated carbocycles. The number of nitrogens with two attached hydrogens (primary N) is 1. The lowest BCUT2D eigenvalue weighted by Crippen LogP contribution is -2.24. The van der Waals surface area contributed by atoms with Crippen LogP contribution >= 0.6 is 0 Å². The first-order valence-electron chi connectivity index (χ1n) is 7.73. The third kappa shape index (κ3) is 3.63. The molecule has 0 amide bonds. The SMILES string of the molecule is CC(C)N.O=C(O)C1C(=O)c2cc(O)ccc2C1c1ccccc1. The first kappa shape index (κ1) is 17.7. The minimum absolute atomic E-state index is 0.0325. The first-order valence-corrected chi connectivity index (χ1v) is 7.73. The Bertz CT molecular complexity index is 738. The Hall–Kier alpha value is -2.66. The van der Waals surface area contributed by atoms with Crippen molar-refractivity contribution in [3.8, 4) is 5.75 Å². The summed E-state index contributed by atoms with van der Waals surface area (Å²) in [7, 11) is 0. The molecule has 0 radical (unpaired) electrons. The Morgan fingerprint density at radius 1 is 1.12 bits per heavy atom. The lowest BCUT2D eigenvalue weighted by atomic mass is 9.86. The van der Waals surface area contributed by atoms with Crippen LogP contribution in [-0.2, 0) is 4.79 Å². The standard InChI is InChI=1S/C16H12O4.C3H9N/c17-10-6-7-11-12(8-10)15(18)14(16(19)20)13(11)9-4-2-1-3-5-9;1-3(2)4/h1-8,13-14,17H,(H,19,20);3H,4H2,1-2H3. The second-order valence-corrected chi connectivity index (χ2v) is 6.08.